The molecule has 2 aromatic carbocycles. The van der Waals surface area contributed by atoms with Crippen molar-refractivity contribution in [1.82, 2.24) is 9.78 Å². The second-order valence-electron chi connectivity index (χ2n) is 5.07. The van der Waals surface area contributed by atoms with E-state index in [1.54, 1.807) is 17.1 Å². The van der Waals surface area contributed by atoms with Gasteiger partial charge in [-0.1, -0.05) is 35.5 Å². The highest BCUT2D eigenvalue weighted by molar-refractivity contribution is 5.96. The fourth-order valence-corrected chi connectivity index (χ4v) is 2.18. The van der Waals surface area contributed by atoms with Crippen molar-refractivity contribution in [3.63, 3.8) is 0 Å². The lowest BCUT2D eigenvalue weighted by molar-refractivity contribution is 0.107. The predicted molar refractivity (Wildman–Crippen MR) is 89.3 cm³/mol. The Morgan fingerprint density at radius 3 is 2.78 bits per heavy atom. The third kappa shape index (κ3) is 3.79. The van der Waals surface area contributed by atoms with Crippen LogP contribution in [0.25, 0.3) is 10.8 Å². The highest BCUT2D eigenvalue weighted by Gasteiger charge is 2.01. The lowest BCUT2D eigenvalue weighted by Gasteiger charge is -2.06. The molecule has 6 nitrogen and oxygen atoms in total. The summed E-state index contributed by atoms with van der Waals surface area (Å²) in [6.07, 6.45) is 3.40. The van der Waals surface area contributed by atoms with Crippen LogP contribution in [-0.4, -0.2) is 28.8 Å². The topological polar surface area (TPSA) is 74.7 Å². The Kier molecular flexibility index (Phi) is 4.42. The first-order valence-corrected chi connectivity index (χ1v) is 7.28. The summed E-state index contributed by atoms with van der Waals surface area (Å²) in [5.41, 5.74) is 6.52. The zero-order valence-electron chi connectivity index (χ0n) is 12.8. The first kappa shape index (κ1) is 14.9. The molecule has 0 radical (unpaired) electrons. The summed E-state index contributed by atoms with van der Waals surface area (Å²) in [5.74, 6) is 1.10. The maximum absolute atomic E-state index is 5.79. The number of nitrogens with two attached hydrogens (primary N) is 1. The van der Waals surface area contributed by atoms with Gasteiger partial charge in [-0.25, -0.2) is 0 Å². The van der Waals surface area contributed by atoms with Gasteiger partial charge in [0.15, 0.2) is 12.4 Å². The minimum atomic E-state index is 0.295. The number of benzene rings is 2. The summed E-state index contributed by atoms with van der Waals surface area (Å²) >= 11 is 0. The van der Waals surface area contributed by atoms with Crippen molar-refractivity contribution in [1.29, 1.82) is 0 Å². The first-order chi connectivity index (χ1) is 11.2. The molecule has 0 fully saturated rings. The summed E-state index contributed by atoms with van der Waals surface area (Å²) in [4.78, 5) is 5.17. The molecule has 0 bridgehead atoms. The Bertz CT molecular complexity index is 826. The van der Waals surface area contributed by atoms with Gasteiger partial charge in [-0.05, 0) is 22.9 Å². The SMILES string of the molecule is Cn1cc(/C(N)=N/OCCOc2ccc3ccccc3c2)cn1. The van der Waals surface area contributed by atoms with Gasteiger partial charge in [-0.3, -0.25) is 4.68 Å². The van der Waals surface area contributed by atoms with Crippen LogP contribution in [0.3, 0.4) is 0 Å². The van der Waals surface area contributed by atoms with Gasteiger partial charge < -0.3 is 15.3 Å². The average Bonchev–Trinajstić information content (AvgIpc) is 3.01. The number of rotatable bonds is 6. The quantitative estimate of drug-likeness (QED) is 0.328. The maximum Gasteiger partial charge on any atom is 0.173 e. The van der Waals surface area contributed by atoms with Crippen molar-refractivity contribution in [2.75, 3.05) is 13.2 Å². The van der Waals surface area contributed by atoms with Gasteiger partial charge in [0.25, 0.3) is 0 Å². The van der Waals surface area contributed by atoms with E-state index in [4.69, 9.17) is 15.3 Å². The Hall–Kier alpha value is -3.02. The van der Waals surface area contributed by atoms with Crippen molar-refractivity contribution < 1.29 is 9.57 Å². The van der Waals surface area contributed by atoms with Crippen molar-refractivity contribution in [2.24, 2.45) is 17.9 Å². The lowest BCUT2D eigenvalue weighted by atomic mass is 10.1. The van der Waals surface area contributed by atoms with Crippen molar-refractivity contribution in [3.8, 4) is 5.75 Å². The van der Waals surface area contributed by atoms with Crippen LogP contribution < -0.4 is 10.5 Å². The Balaban J connectivity index is 1.49. The van der Waals surface area contributed by atoms with Crippen LogP contribution in [0.15, 0.2) is 60.0 Å². The maximum atomic E-state index is 5.79. The molecule has 0 atom stereocenters. The van der Waals surface area contributed by atoms with Gasteiger partial charge in [-0.15, -0.1) is 0 Å². The molecule has 0 unspecified atom stereocenters. The molecule has 0 saturated heterocycles. The van der Waals surface area contributed by atoms with E-state index in [1.807, 2.05) is 37.4 Å². The van der Waals surface area contributed by atoms with E-state index in [9.17, 15) is 0 Å². The van der Waals surface area contributed by atoms with Gasteiger partial charge in [0, 0.05) is 13.2 Å². The molecule has 0 aliphatic carbocycles. The molecule has 1 heterocycles. The molecule has 3 rings (SSSR count). The fraction of sp³-hybridized carbons (Fsp3) is 0.176. The normalized spacial score (nSPS) is 11.6. The van der Waals surface area contributed by atoms with E-state index in [2.05, 4.69) is 22.4 Å². The standard InChI is InChI=1S/C17H18N4O2/c1-21-12-15(11-19-21)17(18)20-23-9-8-22-16-7-6-13-4-2-3-5-14(13)10-16/h2-7,10-12H,8-9H2,1H3,(H2,18,20). The number of aryl methyl sites for hydroxylation is 1. The van der Waals surface area contributed by atoms with Gasteiger partial charge in [0.2, 0.25) is 0 Å². The van der Waals surface area contributed by atoms with Gasteiger partial charge in [0.05, 0.1) is 11.8 Å². The number of aromatic nitrogens is 2. The Labute approximate surface area is 134 Å². The summed E-state index contributed by atoms with van der Waals surface area (Å²) in [7, 11) is 1.81. The van der Waals surface area contributed by atoms with E-state index < -0.39 is 0 Å². The molecule has 0 aliphatic rings. The van der Waals surface area contributed by atoms with Crippen molar-refractivity contribution >= 4 is 16.6 Å². The summed E-state index contributed by atoms with van der Waals surface area (Å²) in [5, 5.41) is 10.2. The van der Waals surface area contributed by atoms with Gasteiger partial charge >= 0.3 is 0 Å². The number of oxime groups is 1. The van der Waals surface area contributed by atoms with E-state index >= 15 is 0 Å². The van der Waals surface area contributed by atoms with Crippen molar-refractivity contribution in [2.45, 2.75) is 0 Å². The molecule has 0 saturated carbocycles. The Morgan fingerprint density at radius 2 is 2.00 bits per heavy atom. The number of nitrogens with zero attached hydrogens (tertiary/aromatic N) is 3. The average molecular weight is 310 g/mol. The fourth-order valence-electron chi connectivity index (χ4n) is 2.18. The number of hydrogen-bond acceptors (Lipinski definition) is 4. The van der Waals surface area contributed by atoms with E-state index in [0.717, 1.165) is 16.7 Å². The van der Waals surface area contributed by atoms with Gasteiger partial charge in [0.1, 0.15) is 12.4 Å². The third-order valence-corrected chi connectivity index (χ3v) is 3.33. The molecular formula is C17H18N4O2. The molecule has 0 amide bonds. The number of ether oxygens (including phenoxy) is 1. The second-order valence-corrected chi connectivity index (χ2v) is 5.07. The van der Waals surface area contributed by atoms with Crippen LogP contribution in [0.2, 0.25) is 0 Å². The Morgan fingerprint density at radius 1 is 1.17 bits per heavy atom. The molecule has 2 N–H and O–H groups in total. The summed E-state index contributed by atoms with van der Waals surface area (Å²) in [6, 6.07) is 14.1. The molecule has 0 spiro atoms. The van der Waals surface area contributed by atoms with Crippen molar-refractivity contribution in [3.05, 3.63) is 60.4 Å². The third-order valence-electron chi connectivity index (χ3n) is 3.33. The van der Waals surface area contributed by atoms with Crippen LogP contribution in [0.5, 0.6) is 5.75 Å². The summed E-state index contributed by atoms with van der Waals surface area (Å²) < 4.78 is 7.31. The van der Waals surface area contributed by atoms with Crippen LogP contribution in [0.1, 0.15) is 5.56 Å². The van der Waals surface area contributed by atoms with E-state index in [0.29, 0.717) is 19.0 Å². The summed E-state index contributed by atoms with van der Waals surface area (Å²) in [6.45, 7) is 0.704. The lowest BCUT2D eigenvalue weighted by Crippen LogP contribution is -2.14. The molecule has 1 aromatic heterocycles. The highest BCUT2D eigenvalue weighted by atomic mass is 16.6. The molecule has 23 heavy (non-hydrogen) atoms. The molecular weight excluding hydrogens is 292 g/mol. The minimum Gasteiger partial charge on any atom is -0.490 e. The van der Waals surface area contributed by atoms with Crippen LogP contribution >= 0.6 is 0 Å². The van der Waals surface area contributed by atoms with Crippen LogP contribution in [0.4, 0.5) is 0 Å². The largest absolute Gasteiger partial charge is 0.490 e. The molecule has 118 valence electrons. The molecule has 3 aromatic rings. The highest BCUT2D eigenvalue weighted by Crippen LogP contribution is 2.20. The zero-order valence-corrected chi connectivity index (χ0v) is 12.8. The first-order valence-electron chi connectivity index (χ1n) is 7.28. The van der Waals surface area contributed by atoms with E-state index in [-0.39, 0.29) is 0 Å². The van der Waals surface area contributed by atoms with Crippen LogP contribution in [0, 0.1) is 0 Å². The zero-order chi connectivity index (χ0) is 16.1. The van der Waals surface area contributed by atoms with E-state index in [1.165, 1.54) is 5.39 Å². The number of hydrogen-bond donors (Lipinski definition) is 1. The monoisotopic (exact) mass is 310 g/mol. The predicted octanol–water partition coefficient (Wildman–Crippen LogP) is 2.29. The molecule has 6 heteroatoms. The molecule has 0 aliphatic heterocycles. The van der Waals surface area contributed by atoms with Crippen LogP contribution in [-0.2, 0) is 11.9 Å². The number of fused-ring (bicyclic) bond motifs is 1. The number of amidine groups is 1. The smallest absolute Gasteiger partial charge is 0.173 e. The minimum absolute atomic E-state index is 0.295. The van der Waals surface area contributed by atoms with Gasteiger partial charge in [-0.2, -0.15) is 5.10 Å². The second kappa shape index (κ2) is 6.83.